The highest BCUT2D eigenvalue weighted by atomic mass is 32.2. The minimum atomic E-state index is -3.38. The fourth-order valence-corrected chi connectivity index (χ4v) is 5.04. The highest BCUT2D eigenvalue weighted by Gasteiger charge is 2.32. The number of esters is 1. The summed E-state index contributed by atoms with van der Waals surface area (Å²) in [5, 5.41) is 13.6. The number of para-hydroxylation sites is 1. The Kier molecular flexibility index (Phi) is 5.42. The number of hydrogen-bond acceptors (Lipinski definition) is 9. The SMILES string of the molecule is O=C(OCC(=O)N(c1ccccc1)C1C=CS(=O)(=O)C1)c1sccc1-n1cnnn1. The van der Waals surface area contributed by atoms with E-state index in [1.54, 1.807) is 41.8 Å². The fourth-order valence-electron chi connectivity index (χ4n) is 3.00. The van der Waals surface area contributed by atoms with Gasteiger partial charge in [-0.1, -0.05) is 18.2 Å². The number of hydrogen-bond donors (Lipinski definition) is 0. The van der Waals surface area contributed by atoms with E-state index < -0.39 is 34.4 Å². The van der Waals surface area contributed by atoms with Gasteiger partial charge in [-0.2, -0.15) is 4.68 Å². The van der Waals surface area contributed by atoms with Crippen molar-refractivity contribution < 1.29 is 22.7 Å². The van der Waals surface area contributed by atoms with Crippen LogP contribution in [0, 0.1) is 0 Å². The van der Waals surface area contributed by atoms with Crippen molar-refractivity contribution in [1.29, 1.82) is 0 Å². The Labute approximate surface area is 175 Å². The predicted molar refractivity (Wildman–Crippen MR) is 108 cm³/mol. The van der Waals surface area contributed by atoms with Crippen molar-refractivity contribution in [2.45, 2.75) is 6.04 Å². The summed E-state index contributed by atoms with van der Waals surface area (Å²) >= 11 is 1.13. The molecule has 10 nitrogen and oxygen atoms in total. The van der Waals surface area contributed by atoms with E-state index in [1.807, 2.05) is 0 Å². The number of anilines is 1. The van der Waals surface area contributed by atoms with Gasteiger partial charge in [-0.3, -0.25) is 4.79 Å². The Bertz CT molecular complexity index is 1190. The second-order valence-corrected chi connectivity index (χ2v) is 9.14. The first-order chi connectivity index (χ1) is 14.4. The van der Waals surface area contributed by atoms with Crippen molar-refractivity contribution in [2.75, 3.05) is 17.3 Å². The summed E-state index contributed by atoms with van der Waals surface area (Å²) in [6, 6.07) is 9.61. The third-order valence-corrected chi connectivity index (χ3v) is 6.56. The molecule has 154 valence electrons. The number of carbonyl (C=O) groups excluding carboxylic acids is 2. The number of ether oxygens (including phenoxy) is 1. The molecule has 30 heavy (non-hydrogen) atoms. The topological polar surface area (TPSA) is 124 Å². The highest BCUT2D eigenvalue weighted by Crippen LogP contribution is 2.24. The Balaban J connectivity index is 1.51. The van der Waals surface area contributed by atoms with Gasteiger partial charge in [-0.15, -0.1) is 16.4 Å². The summed E-state index contributed by atoms with van der Waals surface area (Å²) in [6.45, 7) is -0.551. The van der Waals surface area contributed by atoms with Gasteiger partial charge in [0, 0.05) is 11.1 Å². The second-order valence-electron chi connectivity index (χ2n) is 6.29. The molecule has 1 aliphatic heterocycles. The van der Waals surface area contributed by atoms with Gasteiger partial charge in [-0.05, 0) is 40.1 Å². The zero-order valence-electron chi connectivity index (χ0n) is 15.4. The molecule has 0 bridgehead atoms. The Morgan fingerprint density at radius 1 is 1.23 bits per heavy atom. The van der Waals surface area contributed by atoms with E-state index in [0.717, 1.165) is 16.7 Å². The van der Waals surface area contributed by atoms with E-state index in [4.69, 9.17) is 4.74 Å². The summed E-state index contributed by atoms with van der Waals surface area (Å²) in [4.78, 5) is 27.0. The molecular weight excluding hydrogens is 430 g/mol. The highest BCUT2D eigenvalue weighted by molar-refractivity contribution is 7.94. The second kappa shape index (κ2) is 8.16. The third kappa shape index (κ3) is 4.14. The molecule has 1 aromatic carbocycles. The summed E-state index contributed by atoms with van der Waals surface area (Å²) < 4.78 is 30.2. The minimum Gasteiger partial charge on any atom is -0.451 e. The van der Waals surface area contributed by atoms with Crippen molar-refractivity contribution in [1.82, 2.24) is 20.2 Å². The van der Waals surface area contributed by atoms with Crippen LogP contribution in [0.15, 0.2) is 59.6 Å². The van der Waals surface area contributed by atoms with E-state index >= 15 is 0 Å². The molecule has 0 fully saturated rings. The lowest BCUT2D eigenvalue weighted by molar-refractivity contribution is -0.121. The Morgan fingerprint density at radius 3 is 2.70 bits per heavy atom. The molecule has 1 unspecified atom stereocenters. The molecule has 1 atom stereocenters. The number of thiophene rings is 1. The summed E-state index contributed by atoms with van der Waals surface area (Å²) in [6.07, 6.45) is 2.80. The fraction of sp³-hybridized carbons (Fsp3) is 0.167. The van der Waals surface area contributed by atoms with E-state index in [2.05, 4.69) is 15.5 Å². The molecule has 0 aliphatic carbocycles. The van der Waals surface area contributed by atoms with Crippen molar-refractivity contribution in [2.24, 2.45) is 0 Å². The average Bonchev–Trinajstić information content (AvgIpc) is 3.47. The van der Waals surface area contributed by atoms with Gasteiger partial charge < -0.3 is 9.64 Å². The van der Waals surface area contributed by atoms with Crippen LogP contribution in [-0.4, -0.2) is 58.9 Å². The van der Waals surface area contributed by atoms with Crippen molar-refractivity contribution in [3.05, 3.63) is 64.5 Å². The van der Waals surface area contributed by atoms with Crippen LogP contribution in [0.5, 0.6) is 0 Å². The van der Waals surface area contributed by atoms with Crippen molar-refractivity contribution in [3.63, 3.8) is 0 Å². The quantitative estimate of drug-likeness (QED) is 0.519. The van der Waals surface area contributed by atoms with Gasteiger partial charge in [0.1, 0.15) is 11.2 Å². The molecule has 12 heteroatoms. The molecule has 0 radical (unpaired) electrons. The number of amides is 1. The van der Waals surface area contributed by atoms with Crippen LogP contribution >= 0.6 is 11.3 Å². The molecule has 1 amide bonds. The number of carbonyl (C=O) groups is 2. The third-order valence-electron chi connectivity index (χ3n) is 4.30. The number of sulfone groups is 1. The molecule has 3 heterocycles. The maximum Gasteiger partial charge on any atom is 0.351 e. The molecule has 0 saturated carbocycles. The Hall–Kier alpha value is -3.38. The maximum absolute atomic E-state index is 12.9. The minimum absolute atomic E-state index is 0.226. The Morgan fingerprint density at radius 2 is 2.03 bits per heavy atom. The molecule has 0 spiro atoms. The smallest absolute Gasteiger partial charge is 0.351 e. The lowest BCUT2D eigenvalue weighted by atomic mass is 10.2. The summed E-state index contributed by atoms with van der Waals surface area (Å²) in [5.74, 6) is -1.47. The first-order valence-corrected chi connectivity index (χ1v) is 11.3. The molecule has 2 aromatic heterocycles. The van der Waals surface area contributed by atoms with E-state index in [-0.39, 0.29) is 10.6 Å². The van der Waals surface area contributed by atoms with Crippen molar-refractivity contribution >= 4 is 38.7 Å². The summed E-state index contributed by atoms with van der Waals surface area (Å²) in [5.41, 5.74) is 0.947. The van der Waals surface area contributed by atoms with E-state index in [1.165, 1.54) is 22.0 Å². The molecule has 3 aromatic rings. The lowest BCUT2D eigenvalue weighted by Crippen LogP contribution is -2.43. The average molecular weight is 445 g/mol. The zero-order chi connectivity index (χ0) is 21.1. The van der Waals surface area contributed by atoms with Crippen LogP contribution in [0.25, 0.3) is 5.69 Å². The first-order valence-electron chi connectivity index (χ1n) is 8.71. The van der Waals surface area contributed by atoms with Gasteiger partial charge >= 0.3 is 5.97 Å². The maximum atomic E-state index is 12.9. The van der Waals surface area contributed by atoms with Gasteiger partial charge in [0.05, 0.1) is 17.5 Å². The standard InChI is InChI=1S/C18H15N5O5S2/c24-16(10-28-18(25)17-15(6-8-29-17)22-12-19-20-21-22)23(13-4-2-1-3-5-13)14-7-9-30(26,27)11-14/h1-9,12,14H,10-11H2. The van der Waals surface area contributed by atoms with Crippen LogP contribution < -0.4 is 4.90 Å². The van der Waals surface area contributed by atoms with E-state index in [0.29, 0.717) is 11.4 Å². The van der Waals surface area contributed by atoms with Gasteiger partial charge in [0.15, 0.2) is 16.4 Å². The van der Waals surface area contributed by atoms with Crippen LogP contribution in [0.1, 0.15) is 9.67 Å². The van der Waals surface area contributed by atoms with Crippen LogP contribution in [-0.2, 0) is 19.4 Å². The molecular formula is C18H15N5O5S2. The molecule has 0 saturated heterocycles. The predicted octanol–water partition coefficient (Wildman–Crippen LogP) is 1.22. The van der Waals surface area contributed by atoms with Crippen LogP contribution in [0.2, 0.25) is 0 Å². The van der Waals surface area contributed by atoms with Gasteiger partial charge in [0.25, 0.3) is 5.91 Å². The number of aromatic nitrogens is 4. The molecule has 1 aliphatic rings. The summed E-state index contributed by atoms with van der Waals surface area (Å²) in [7, 11) is -3.38. The van der Waals surface area contributed by atoms with Gasteiger partial charge in [-0.25, -0.2) is 13.2 Å². The van der Waals surface area contributed by atoms with Crippen LogP contribution in [0.4, 0.5) is 5.69 Å². The largest absolute Gasteiger partial charge is 0.451 e. The number of nitrogens with zero attached hydrogens (tertiary/aromatic N) is 5. The molecule has 4 rings (SSSR count). The number of tetrazole rings is 1. The monoisotopic (exact) mass is 445 g/mol. The number of rotatable bonds is 6. The molecule has 0 N–H and O–H groups in total. The van der Waals surface area contributed by atoms with Crippen molar-refractivity contribution in [3.8, 4) is 5.69 Å². The van der Waals surface area contributed by atoms with Crippen LogP contribution in [0.3, 0.4) is 0 Å². The number of benzene rings is 1. The lowest BCUT2D eigenvalue weighted by Gasteiger charge is -2.27. The first kappa shape index (κ1) is 19.9. The van der Waals surface area contributed by atoms with E-state index in [9.17, 15) is 18.0 Å². The zero-order valence-corrected chi connectivity index (χ0v) is 17.0. The van der Waals surface area contributed by atoms with Gasteiger partial charge in [0.2, 0.25) is 0 Å². The normalized spacial score (nSPS) is 17.0.